The highest BCUT2D eigenvalue weighted by molar-refractivity contribution is 5.88. The zero-order chi connectivity index (χ0) is 14.2. The minimum absolute atomic E-state index is 0.0499. The van der Waals surface area contributed by atoms with Gasteiger partial charge in [-0.15, -0.1) is 0 Å². The molecule has 0 aromatic rings. The van der Waals surface area contributed by atoms with Crippen molar-refractivity contribution >= 4 is 11.8 Å². The third-order valence-electron chi connectivity index (χ3n) is 4.87. The molecule has 19 heavy (non-hydrogen) atoms. The van der Waals surface area contributed by atoms with Crippen LogP contribution in [0.3, 0.4) is 0 Å². The molecule has 5 nitrogen and oxygen atoms in total. The molecule has 0 aromatic heterocycles. The highest BCUT2D eigenvalue weighted by Gasteiger charge is 2.41. The number of carbonyl (C=O) groups is 2. The molecule has 5 atom stereocenters. The molecule has 0 spiro atoms. The van der Waals surface area contributed by atoms with E-state index in [2.05, 4.69) is 13.8 Å². The second-order valence-corrected chi connectivity index (χ2v) is 6.29. The summed E-state index contributed by atoms with van der Waals surface area (Å²) in [6.45, 7) is 4.91. The highest BCUT2D eigenvalue weighted by Crippen LogP contribution is 2.35. The van der Waals surface area contributed by atoms with Crippen molar-refractivity contribution in [2.24, 2.45) is 29.2 Å². The van der Waals surface area contributed by atoms with Crippen LogP contribution < -0.4 is 11.5 Å². The maximum absolute atomic E-state index is 12.6. The molecule has 0 aromatic carbocycles. The third kappa shape index (κ3) is 2.76. The van der Waals surface area contributed by atoms with Crippen LogP contribution in [0, 0.1) is 17.8 Å². The van der Waals surface area contributed by atoms with E-state index in [0.717, 1.165) is 19.3 Å². The average Bonchev–Trinajstić information content (AvgIpc) is 2.82. The van der Waals surface area contributed by atoms with Gasteiger partial charge >= 0.3 is 0 Å². The summed E-state index contributed by atoms with van der Waals surface area (Å²) < 4.78 is 0. The second-order valence-electron chi connectivity index (χ2n) is 6.29. The van der Waals surface area contributed by atoms with Crippen LogP contribution in [0.1, 0.15) is 39.5 Å². The van der Waals surface area contributed by atoms with E-state index in [0.29, 0.717) is 24.8 Å². The van der Waals surface area contributed by atoms with Gasteiger partial charge in [-0.05, 0) is 37.5 Å². The van der Waals surface area contributed by atoms with Crippen LogP contribution in [-0.4, -0.2) is 35.3 Å². The molecule has 1 heterocycles. The first-order chi connectivity index (χ1) is 8.91. The van der Waals surface area contributed by atoms with Crippen molar-refractivity contribution in [3.63, 3.8) is 0 Å². The first kappa shape index (κ1) is 14.3. The van der Waals surface area contributed by atoms with E-state index in [4.69, 9.17) is 11.5 Å². The predicted molar refractivity (Wildman–Crippen MR) is 73.0 cm³/mol. The van der Waals surface area contributed by atoms with Crippen LogP contribution in [-0.2, 0) is 9.59 Å². The van der Waals surface area contributed by atoms with Gasteiger partial charge in [0.05, 0.1) is 0 Å². The Morgan fingerprint density at radius 3 is 2.47 bits per heavy atom. The molecular weight excluding hydrogens is 242 g/mol. The lowest BCUT2D eigenvalue weighted by atomic mass is 9.72. The molecule has 4 N–H and O–H groups in total. The van der Waals surface area contributed by atoms with Crippen molar-refractivity contribution in [1.29, 1.82) is 0 Å². The summed E-state index contributed by atoms with van der Waals surface area (Å²) in [6.07, 6.45) is 3.27. The lowest BCUT2D eigenvalue weighted by molar-refractivity contribution is -0.143. The molecule has 2 rings (SSSR count). The number of likely N-dealkylation sites (tertiary alicyclic amines) is 1. The molecule has 0 bridgehead atoms. The van der Waals surface area contributed by atoms with E-state index in [9.17, 15) is 9.59 Å². The lowest BCUT2D eigenvalue weighted by Crippen LogP contribution is -2.50. The topological polar surface area (TPSA) is 89.4 Å². The number of primary amides is 1. The van der Waals surface area contributed by atoms with E-state index >= 15 is 0 Å². The summed E-state index contributed by atoms with van der Waals surface area (Å²) in [5, 5.41) is 0. The SMILES string of the molecule is CC1CC(C)C(C(=O)N2CCCC2C(N)=O)CC1N. The monoisotopic (exact) mass is 267 g/mol. The van der Waals surface area contributed by atoms with Crippen LogP contribution in [0.15, 0.2) is 0 Å². The molecule has 1 saturated carbocycles. The third-order valence-corrected chi connectivity index (χ3v) is 4.87. The Morgan fingerprint density at radius 1 is 1.16 bits per heavy atom. The fourth-order valence-corrected chi connectivity index (χ4v) is 3.57. The Labute approximate surface area is 114 Å². The molecule has 5 heteroatoms. The maximum Gasteiger partial charge on any atom is 0.240 e. The van der Waals surface area contributed by atoms with E-state index in [-0.39, 0.29) is 23.8 Å². The molecule has 2 aliphatic rings. The summed E-state index contributed by atoms with van der Waals surface area (Å²) in [5.74, 6) is 0.440. The standard InChI is InChI=1S/C14H25N3O2/c1-8-6-9(2)11(15)7-10(8)14(19)17-5-3-4-12(17)13(16)18/h8-12H,3-7,15H2,1-2H3,(H2,16,18). The molecule has 5 unspecified atom stereocenters. The Bertz CT molecular complexity index is 372. The summed E-state index contributed by atoms with van der Waals surface area (Å²) in [5.41, 5.74) is 11.5. The minimum Gasteiger partial charge on any atom is -0.368 e. The van der Waals surface area contributed by atoms with Gasteiger partial charge in [0.1, 0.15) is 6.04 Å². The van der Waals surface area contributed by atoms with Gasteiger partial charge in [0.2, 0.25) is 11.8 Å². The number of nitrogens with zero attached hydrogens (tertiary/aromatic N) is 1. The van der Waals surface area contributed by atoms with Gasteiger partial charge in [0.15, 0.2) is 0 Å². The summed E-state index contributed by atoms with van der Waals surface area (Å²) in [7, 11) is 0. The Kier molecular flexibility index (Phi) is 4.13. The molecular formula is C14H25N3O2. The van der Waals surface area contributed by atoms with Crippen LogP contribution >= 0.6 is 0 Å². The molecule has 1 saturated heterocycles. The van der Waals surface area contributed by atoms with Crippen molar-refractivity contribution < 1.29 is 9.59 Å². The van der Waals surface area contributed by atoms with Crippen molar-refractivity contribution in [2.75, 3.05) is 6.54 Å². The van der Waals surface area contributed by atoms with E-state index < -0.39 is 6.04 Å². The molecule has 1 aliphatic carbocycles. The van der Waals surface area contributed by atoms with Gasteiger partial charge < -0.3 is 16.4 Å². The molecule has 2 amide bonds. The Balaban J connectivity index is 2.08. The van der Waals surface area contributed by atoms with E-state index in [1.807, 2.05) is 0 Å². The average molecular weight is 267 g/mol. The Hall–Kier alpha value is -1.10. The summed E-state index contributed by atoms with van der Waals surface area (Å²) >= 11 is 0. The smallest absolute Gasteiger partial charge is 0.240 e. The molecule has 108 valence electrons. The van der Waals surface area contributed by atoms with E-state index in [1.54, 1.807) is 4.90 Å². The van der Waals surface area contributed by atoms with Crippen LogP contribution in [0.5, 0.6) is 0 Å². The fraction of sp³-hybridized carbons (Fsp3) is 0.857. The maximum atomic E-state index is 12.6. The molecule has 1 aliphatic heterocycles. The van der Waals surface area contributed by atoms with Crippen molar-refractivity contribution in [1.82, 2.24) is 4.90 Å². The number of carbonyl (C=O) groups excluding carboxylic acids is 2. The first-order valence-electron chi connectivity index (χ1n) is 7.27. The molecule has 2 fully saturated rings. The van der Waals surface area contributed by atoms with Gasteiger partial charge in [-0.1, -0.05) is 13.8 Å². The van der Waals surface area contributed by atoms with Crippen LogP contribution in [0.2, 0.25) is 0 Å². The quantitative estimate of drug-likeness (QED) is 0.762. The van der Waals surface area contributed by atoms with Gasteiger partial charge in [-0.25, -0.2) is 0 Å². The van der Waals surface area contributed by atoms with Crippen LogP contribution in [0.25, 0.3) is 0 Å². The number of amides is 2. The van der Waals surface area contributed by atoms with E-state index in [1.165, 1.54) is 0 Å². The number of nitrogens with two attached hydrogens (primary N) is 2. The largest absolute Gasteiger partial charge is 0.368 e. The second kappa shape index (κ2) is 5.49. The predicted octanol–water partition coefficient (Wildman–Crippen LogP) is 0.472. The highest BCUT2D eigenvalue weighted by atomic mass is 16.2. The van der Waals surface area contributed by atoms with Crippen molar-refractivity contribution in [3.8, 4) is 0 Å². The summed E-state index contributed by atoms with van der Waals surface area (Å²) in [6, 6.07) is -0.324. The molecule has 0 radical (unpaired) electrons. The normalized spacial score (nSPS) is 39.3. The van der Waals surface area contributed by atoms with Crippen LogP contribution in [0.4, 0.5) is 0 Å². The van der Waals surface area contributed by atoms with Gasteiger partial charge in [-0.3, -0.25) is 9.59 Å². The van der Waals surface area contributed by atoms with Crippen molar-refractivity contribution in [3.05, 3.63) is 0 Å². The van der Waals surface area contributed by atoms with Gasteiger partial charge in [0, 0.05) is 18.5 Å². The summed E-state index contributed by atoms with van der Waals surface area (Å²) in [4.78, 5) is 25.7. The zero-order valence-corrected chi connectivity index (χ0v) is 11.8. The number of hydrogen-bond acceptors (Lipinski definition) is 3. The lowest BCUT2D eigenvalue weighted by Gasteiger charge is -2.38. The minimum atomic E-state index is -0.407. The van der Waals surface area contributed by atoms with Gasteiger partial charge in [0.25, 0.3) is 0 Å². The fourth-order valence-electron chi connectivity index (χ4n) is 3.57. The Morgan fingerprint density at radius 2 is 1.84 bits per heavy atom. The zero-order valence-electron chi connectivity index (χ0n) is 11.8. The van der Waals surface area contributed by atoms with Gasteiger partial charge in [-0.2, -0.15) is 0 Å². The first-order valence-corrected chi connectivity index (χ1v) is 7.27. The van der Waals surface area contributed by atoms with Crippen molar-refractivity contribution in [2.45, 2.75) is 51.6 Å². The number of rotatable bonds is 2. The number of hydrogen-bond donors (Lipinski definition) is 2.